The predicted molar refractivity (Wildman–Crippen MR) is 94.8 cm³/mol. The van der Waals surface area contributed by atoms with Gasteiger partial charge in [-0.15, -0.1) is 0 Å². The number of carbonyl (C=O) groups is 1. The van der Waals surface area contributed by atoms with Crippen molar-refractivity contribution in [3.05, 3.63) is 0 Å². The predicted octanol–water partition coefficient (Wildman–Crippen LogP) is 3.64. The molecular formula is C17H35NO4S. The fraction of sp³-hybridized carbons (Fsp3) is 0.941. The third-order valence-corrected chi connectivity index (χ3v) is 5.41. The molecule has 0 saturated heterocycles. The Labute approximate surface area is 142 Å². The second kappa shape index (κ2) is 13.8. The Morgan fingerprint density at radius 3 is 1.91 bits per heavy atom. The molecule has 0 heterocycles. The van der Waals surface area contributed by atoms with Gasteiger partial charge in [0.1, 0.15) is 0 Å². The van der Waals surface area contributed by atoms with Crippen LogP contribution in [0.15, 0.2) is 0 Å². The van der Waals surface area contributed by atoms with Crippen molar-refractivity contribution < 1.29 is 17.9 Å². The first-order chi connectivity index (χ1) is 10.9. The van der Waals surface area contributed by atoms with E-state index in [9.17, 15) is 13.2 Å². The van der Waals surface area contributed by atoms with Crippen LogP contribution in [0, 0.1) is 5.92 Å². The molecule has 0 fully saturated rings. The zero-order chi connectivity index (χ0) is 17.6. The lowest BCUT2D eigenvalue weighted by Crippen LogP contribution is -2.33. The SMILES string of the molecule is CCCCCCCCCCCCS(=O)(=O)NCC(C)C(=O)OC. The Bertz CT molecular complexity index is 395. The van der Waals surface area contributed by atoms with E-state index in [1.165, 1.54) is 52.1 Å². The van der Waals surface area contributed by atoms with E-state index in [-0.39, 0.29) is 12.3 Å². The van der Waals surface area contributed by atoms with Crippen molar-refractivity contribution in [2.75, 3.05) is 19.4 Å². The third kappa shape index (κ3) is 13.5. The summed E-state index contributed by atoms with van der Waals surface area (Å²) in [5.74, 6) is -0.716. The number of carbonyl (C=O) groups excluding carboxylic acids is 1. The maximum atomic E-state index is 11.8. The highest BCUT2D eigenvalue weighted by atomic mass is 32.2. The Hall–Kier alpha value is -0.620. The van der Waals surface area contributed by atoms with Crippen molar-refractivity contribution >= 4 is 16.0 Å². The highest BCUT2D eigenvalue weighted by Crippen LogP contribution is 2.11. The number of rotatable bonds is 15. The van der Waals surface area contributed by atoms with E-state index in [0.717, 1.165) is 12.8 Å². The summed E-state index contributed by atoms with van der Waals surface area (Å²) in [5.41, 5.74) is 0. The van der Waals surface area contributed by atoms with Crippen LogP contribution in [0.4, 0.5) is 0 Å². The van der Waals surface area contributed by atoms with Gasteiger partial charge in [-0.25, -0.2) is 13.1 Å². The number of hydrogen-bond acceptors (Lipinski definition) is 4. The molecule has 1 atom stereocenters. The summed E-state index contributed by atoms with van der Waals surface area (Å²) in [7, 11) is -1.98. The average molecular weight is 350 g/mol. The summed E-state index contributed by atoms with van der Waals surface area (Å²) in [6.07, 6.45) is 11.7. The van der Waals surface area contributed by atoms with E-state index in [1.54, 1.807) is 6.92 Å². The molecule has 0 amide bonds. The first-order valence-electron chi connectivity index (χ1n) is 8.98. The maximum Gasteiger partial charge on any atom is 0.309 e. The van der Waals surface area contributed by atoms with Gasteiger partial charge in [0, 0.05) is 6.54 Å². The number of sulfonamides is 1. The number of hydrogen-bond donors (Lipinski definition) is 1. The van der Waals surface area contributed by atoms with Crippen LogP contribution in [0.2, 0.25) is 0 Å². The van der Waals surface area contributed by atoms with Gasteiger partial charge in [0.15, 0.2) is 0 Å². The summed E-state index contributed by atoms with van der Waals surface area (Å²) in [4.78, 5) is 11.2. The molecule has 0 bridgehead atoms. The van der Waals surface area contributed by atoms with Gasteiger partial charge in [0.05, 0.1) is 18.8 Å². The van der Waals surface area contributed by atoms with Crippen LogP contribution in [-0.2, 0) is 19.6 Å². The van der Waals surface area contributed by atoms with Crippen LogP contribution in [0.25, 0.3) is 0 Å². The summed E-state index contributed by atoms with van der Waals surface area (Å²) in [6.45, 7) is 3.97. The molecule has 0 aromatic rings. The summed E-state index contributed by atoms with van der Waals surface area (Å²) < 4.78 is 30.7. The molecule has 0 aliphatic carbocycles. The first kappa shape index (κ1) is 22.4. The molecule has 138 valence electrons. The Morgan fingerprint density at radius 1 is 0.957 bits per heavy atom. The van der Waals surface area contributed by atoms with E-state index >= 15 is 0 Å². The van der Waals surface area contributed by atoms with Crippen molar-refractivity contribution in [3.63, 3.8) is 0 Å². The highest BCUT2D eigenvalue weighted by Gasteiger charge is 2.17. The zero-order valence-electron chi connectivity index (χ0n) is 15.1. The molecular weight excluding hydrogens is 314 g/mol. The fourth-order valence-electron chi connectivity index (χ4n) is 2.39. The van der Waals surface area contributed by atoms with Gasteiger partial charge >= 0.3 is 5.97 Å². The van der Waals surface area contributed by atoms with E-state index in [2.05, 4.69) is 16.4 Å². The second-order valence-electron chi connectivity index (χ2n) is 6.27. The molecule has 1 N–H and O–H groups in total. The molecule has 0 spiro atoms. The van der Waals surface area contributed by atoms with Gasteiger partial charge in [-0.1, -0.05) is 71.6 Å². The van der Waals surface area contributed by atoms with Crippen LogP contribution in [0.1, 0.15) is 78.1 Å². The molecule has 0 rings (SSSR count). The van der Waals surface area contributed by atoms with Crippen molar-refractivity contribution in [1.82, 2.24) is 4.72 Å². The molecule has 0 radical (unpaired) electrons. The molecule has 0 aliphatic rings. The van der Waals surface area contributed by atoms with Crippen molar-refractivity contribution in [3.8, 4) is 0 Å². The van der Waals surface area contributed by atoms with E-state index in [0.29, 0.717) is 6.42 Å². The minimum Gasteiger partial charge on any atom is -0.469 e. The number of esters is 1. The molecule has 0 saturated carbocycles. The highest BCUT2D eigenvalue weighted by molar-refractivity contribution is 7.89. The lowest BCUT2D eigenvalue weighted by Gasteiger charge is -2.11. The molecule has 6 heteroatoms. The fourth-order valence-corrected chi connectivity index (χ4v) is 3.62. The van der Waals surface area contributed by atoms with E-state index < -0.39 is 21.9 Å². The first-order valence-corrected chi connectivity index (χ1v) is 10.6. The summed E-state index contributed by atoms with van der Waals surface area (Å²) in [6, 6.07) is 0. The van der Waals surface area contributed by atoms with Crippen LogP contribution >= 0.6 is 0 Å². The summed E-state index contributed by atoms with van der Waals surface area (Å²) >= 11 is 0. The van der Waals surface area contributed by atoms with Crippen LogP contribution in [0.5, 0.6) is 0 Å². The molecule has 23 heavy (non-hydrogen) atoms. The standard InChI is InChI=1S/C17H35NO4S/c1-4-5-6-7-8-9-10-11-12-13-14-23(20,21)18-15-16(2)17(19)22-3/h16,18H,4-15H2,1-3H3. The van der Waals surface area contributed by atoms with Gasteiger partial charge in [-0.3, -0.25) is 4.79 Å². The van der Waals surface area contributed by atoms with Crippen LogP contribution < -0.4 is 4.72 Å². The average Bonchev–Trinajstić information content (AvgIpc) is 2.53. The molecule has 0 aromatic carbocycles. The van der Waals surface area contributed by atoms with Gasteiger partial charge in [-0.2, -0.15) is 0 Å². The van der Waals surface area contributed by atoms with E-state index in [1.807, 2.05) is 0 Å². The van der Waals surface area contributed by atoms with Crippen molar-refractivity contribution in [2.24, 2.45) is 5.92 Å². The maximum absolute atomic E-state index is 11.8. The molecule has 5 nitrogen and oxygen atoms in total. The van der Waals surface area contributed by atoms with Crippen molar-refractivity contribution in [2.45, 2.75) is 78.1 Å². The van der Waals surface area contributed by atoms with Gasteiger partial charge in [0.25, 0.3) is 0 Å². The van der Waals surface area contributed by atoms with Gasteiger partial charge in [-0.05, 0) is 6.42 Å². The Balaban J connectivity index is 3.57. The van der Waals surface area contributed by atoms with E-state index in [4.69, 9.17) is 0 Å². The summed E-state index contributed by atoms with van der Waals surface area (Å²) in [5, 5.41) is 0. The van der Waals surface area contributed by atoms with Crippen molar-refractivity contribution in [1.29, 1.82) is 0 Å². The number of nitrogens with one attached hydrogen (secondary N) is 1. The molecule has 0 aliphatic heterocycles. The van der Waals surface area contributed by atoms with Gasteiger partial charge < -0.3 is 4.74 Å². The third-order valence-electron chi connectivity index (χ3n) is 3.98. The minimum absolute atomic E-state index is 0.104. The number of ether oxygens (including phenoxy) is 1. The molecule has 1 unspecified atom stereocenters. The monoisotopic (exact) mass is 349 g/mol. The smallest absolute Gasteiger partial charge is 0.309 e. The largest absolute Gasteiger partial charge is 0.469 e. The van der Waals surface area contributed by atoms with Crippen LogP contribution in [0.3, 0.4) is 0 Å². The van der Waals surface area contributed by atoms with Gasteiger partial charge in [0.2, 0.25) is 10.0 Å². The zero-order valence-corrected chi connectivity index (χ0v) is 15.9. The molecule has 0 aromatic heterocycles. The minimum atomic E-state index is -3.28. The second-order valence-corrected chi connectivity index (χ2v) is 8.20. The Morgan fingerprint density at radius 2 is 1.43 bits per heavy atom. The lowest BCUT2D eigenvalue weighted by atomic mass is 10.1. The quantitative estimate of drug-likeness (QED) is 0.362. The Kier molecular flexibility index (Phi) is 13.4. The normalized spacial score (nSPS) is 13.0. The number of methoxy groups -OCH3 is 1. The lowest BCUT2D eigenvalue weighted by molar-refractivity contribution is -0.144. The number of unbranched alkanes of at least 4 members (excludes halogenated alkanes) is 9. The van der Waals surface area contributed by atoms with Crippen LogP contribution in [-0.4, -0.2) is 33.8 Å². The topological polar surface area (TPSA) is 72.5 Å².